The summed E-state index contributed by atoms with van der Waals surface area (Å²) in [4.78, 5) is 0. The molecule has 0 aromatic heterocycles. The van der Waals surface area contributed by atoms with Gasteiger partial charge in [-0.3, -0.25) is 0 Å². The molecule has 0 saturated heterocycles. The molecule has 0 amide bonds. The fourth-order valence-corrected chi connectivity index (χ4v) is 0. The van der Waals surface area contributed by atoms with Gasteiger partial charge in [0.25, 0.3) is 0 Å². The molecule has 0 heterocycles. The normalized spacial score (nSPS) is 0. The van der Waals surface area contributed by atoms with Crippen molar-refractivity contribution in [2.45, 2.75) is 0 Å². The molecule has 0 nitrogen and oxygen atoms in total. The van der Waals surface area contributed by atoms with Crippen molar-refractivity contribution in [3.05, 3.63) is 0 Å². The van der Waals surface area contributed by atoms with E-state index in [1.807, 2.05) is 0 Å². The summed E-state index contributed by atoms with van der Waals surface area (Å²) in [5.74, 6) is 0. The minimum Gasteiger partial charge on any atom is 0 e. The fraction of sp³-hybridized carbons (Fsp3) is 0. The van der Waals surface area contributed by atoms with Gasteiger partial charge in [-0.2, -0.15) is 0 Å². The number of rotatable bonds is 0. The molecule has 7 heteroatoms. The Morgan fingerprint density at radius 3 is 0.286 bits per heavy atom. The predicted octanol–water partition coefficient (Wildman–Crippen LogP) is -2.67. The third kappa shape index (κ3) is 73.6. The SMILES string of the molecule is [B].[B].[B].[B].[B].[B].[Ba]. The van der Waals surface area contributed by atoms with Crippen LogP contribution in [0.1, 0.15) is 0 Å². The van der Waals surface area contributed by atoms with E-state index < -0.39 is 0 Å². The van der Waals surface area contributed by atoms with Crippen molar-refractivity contribution in [3.8, 4) is 0 Å². The Morgan fingerprint density at radius 1 is 0.286 bits per heavy atom. The van der Waals surface area contributed by atoms with Gasteiger partial charge >= 0.3 is 0 Å². The largest absolute Gasteiger partial charge is 0 e. The molecule has 0 N–H and O–H groups in total. The van der Waals surface area contributed by atoms with Gasteiger partial charge in [0.05, 0.1) is 0 Å². The molecule has 0 aliphatic heterocycles. The smallest absolute Gasteiger partial charge is 0 e. The topological polar surface area (TPSA) is 0 Å². The number of hydrogen-bond donors (Lipinski definition) is 0. The van der Waals surface area contributed by atoms with Crippen LogP contribution in [0.25, 0.3) is 0 Å². The third-order valence-corrected chi connectivity index (χ3v) is 0. The molecule has 0 aromatic carbocycles. The second-order valence-electron chi connectivity index (χ2n) is 0. The molecular weight excluding hydrogens is 202 g/mol. The summed E-state index contributed by atoms with van der Waals surface area (Å²) in [6.07, 6.45) is 0. The maximum absolute atomic E-state index is 0. The molecule has 0 aromatic rings. The van der Waals surface area contributed by atoms with Crippen LogP contribution in [0, 0.1) is 0 Å². The Morgan fingerprint density at radius 2 is 0.286 bits per heavy atom. The second-order valence-corrected chi connectivity index (χ2v) is 0. The van der Waals surface area contributed by atoms with Crippen molar-refractivity contribution in [2.75, 3.05) is 0 Å². The molecule has 0 spiro atoms. The van der Waals surface area contributed by atoms with Crippen LogP contribution >= 0.6 is 0 Å². The van der Waals surface area contributed by atoms with Crippen molar-refractivity contribution in [3.63, 3.8) is 0 Å². The Hall–Kier alpha value is 1.96. The molecule has 0 fully saturated rings. The Bertz CT molecular complexity index is 4.14. The Kier molecular flexibility index (Phi) is 2120. The molecule has 7 heavy (non-hydrogen) atoms. The van der Waals surface area contributed by atoms with Gasteiger partial charge in [0.15, 0.2) is 0 Å². The maximum Gasteiger partial charge on any atom is 0 e. The van der Waals surface area contributed by atoms with Gasteiger partial charge in [0.2, 0.25) is 0 Å². The van der Waals surface area contributed by atoms with Crippen molar-refractivity contribution >= 4 is 99.4 Å². The van der Waals surface area contributed by atoms with Crippen molar-refractivity contribution in [1.82, 2.24) is 0 Å². The summed E-state index contributed by atoms with van der Waals surface area (Å²) in [5, 5.41) is 0. The van der Waals surface area contributed by atoms with Crippen molar-refractivity contribution in [1.29, 1.82) is 0 Å². The van der Waals surface area contributed by atoms with Gasteiger partial charge in [0, 0.05) is 99.4 Å². The Labute approximate surface area is 97.9 Å². The Balaban J connectivity index is 0. The van der Waals surface area contributed by atoms with Crippen LogP contribution in [0.15, 0.2) is 0 Å². The first-order valence-corrected chi connectivity index (χ1v) is 0. The molecule has 0 unspecified atom stereocenters. The van der Waals surface area contributed by atoms with E-state index in [0.717, 1.165) is 0 Å². The fourth-order valence-electron chi connectivity index (χ4n) is 0. The average molecular weight is 202 g/mol. The van der Waals surface area contributed by atoms with E-state index in [0.29, 0.717) is 0 Å². The van der Waals surface area contributed by atoms with Crippen LogP contribution in [-0.2, 0) is 0 Å². The van der Waals surface area contributed by atoms with Gasteiger partial charge in [0.1, 0.15) is 0 Å². The molecule has 0 aliphatic carbocycles. The monoisotopic (exact) mass is 204 g/mol. The summed E-state index contributed by atoms with van der Waals surface area (Å²) in [6.45, 7) is 0. The van der Waals surface area contributed by atoms with Gasteiger partial charge in [-0.25, -0.2) is 0 Å². The van der Waals surface area contributed by atoms with E-state index in [4.69, 9.17) is 0 Å². The van der Waals surface area contributed by atoms with Crippen LogP contribution in [0.2, 0.25) is 0 Å². The molecular formula is B6Ba. The second kappa shape index (κ2) is 100. The first-order valence-electron chi connectivity index (χ1n) is 0. The zero-order valence-electron chi connectivity index (χ0n) is 4.17. The predicted molar refractivity (Wildman–Crippen MR) is 40.3 cm³/mol. The summed E-state index contributed by atoms with van der Waals surface area (Å²) in [7, 11) is 0. The van der Waals surface area contributed by atoms with E-state index in [-0.39, 0.29) is 99.4 Å². The molecule has 0 rings (SSSR count). The zero-order chi connectivity index (χ0) is 0. The first-order chi connectivity index (χ1) is 0. The van der Waals surface area contributed by atoms with Crippen LogP contribution < -0.4 is 0 Å². The van der Waals surface area contributed by atoms with E-state index in [1.165, 1.54) is 0 Å². The molecule has 0 atom stereocenters. The minimum absolute atomic E-state index is 0. The summed E-state index contributed by atoms with van der Waals surface area (Å²) in [6, 6.07) is 0. The van der Waals surface area contributed by atoms with Crippen LogP contribution in [0.4, 0.5) is 0 Å². The van der Waals surface area contributed by atoms with Gasteiger partial charge in [-0.05, 0) is 0 Å². The molecule has 0 aliphatic rings. The summed E-state index contributed by atoms with van der Waals surface area (Å²) >= 11 is 0. The molecule has 0 saturated carbocycles. The van der Waals surface area contributed by atoms with Gasteiger partial charge in [-0.15, -0.1) is 0 Å². The third-order valence-electron chi connectivity index (χ3n) is 0. The summed E-state index contributed by atoms with van der Waals surface area (Å²) in [5.41, 5.74) is 0. The standard InChI is InChI=1S/6B.Ba. The van der Waals surface area contributed by atoms with Crippen LogP contribution in [0.5, 0.6) is 0 Å². The summed E-state index contributed by atoms with van der Waals surface area (Å²) < 4.78 is 0. The van der Waals surface area contributed by atoms with E-state index in [2.05, 4.69) is 0 Å². The van der Waals surface area contributed by atoms with Crippen molar-refractivity contribution in [2.24, 2.45) is 0 Å². The quantitative estimate of drug-likeness (QED) is 0.376. The van der Waals surface area contributed by atoms with Crippen LogP contribution in [-0.4, -0.2) is 99.4 Å². The van der Waals surface area contributed by atoms with E-state index in [9.17, 15) is 0 Å². The zero-order valence-corrected chi connectivity index (χ0v) is 8.61. The first kappa shape index (κ1) is 148. The van der Waals surface area contributed by atoms with E-state index >= 15 is 0 Å². The van der Waals surface area contributed by atoms with E-state index in [1.54, 1.807) is 0 Å². The molecule has 20 valence electrons. The maximum atomic E-state index is 0. The van der Waals surface area contributed by atoms with Crippen molar-refractivity contribution < 1.29 is 0 Å². The van der Waals surface area contributed by atoms with Crippen LogP contribution in [0.3, 0.4) is 0 Å². The van der Waals surface area contributed by atoms with Gasteiger partial charge in [-0.1, -0.05) is 0 Å². The average Bonchev–Trinajstić information content (AvgIpc) is 0. The molecule has 0 bridgehead atoms. The molecule has 20 radical (unpaired) electrons. The van der Waals surface area contributed by atoms with Gasteiger partial charge < -0.3 is 0 Å². The number of hydrogen-bond acceptors (Lipinski definition) is 0. The minimum atomic E-state index is 0.